The van der Waals surface area contributed by atoms with Crippen LogP contribution in [0.3, 0.4) is 0 Å². The molecule has 7 atom stereocenters. The van der Waals surface area contributed by atoms with Crippen molar-refractivity contribution in [3.8, 4) is 0 Å². The topological polar surface area (TPSA) is 390 Å². The number of nitrogens with zero attached hydrogens (tertiary/aromatic N) is 4. The standard InChI is InChI=1S/C47H72N7O19P3/c1-45(2,28-70-76(66,67)73-75(64,65)69-27-34-39(72-74(61,62)63)38(58)44(71-34)54-30-53-37-41(48)51-29-52-42(37)54)40(59)43(60)50-25-17-36(57)49-24-16-35(56)46(20-21-46)18-9-5-3-7-12-32-14-11-15-33(26-32)13-8-4-6-10-19-47(22-23-47)68-31-55/h11,14-15,26,29-31,34,38-40,44,58-59H,3-10,12-13,16-25,27-28H2,1-2H3,(H,49,57)(H,50,60)(H,64,65)(H,66,67)(H2,48,51,52)(H2,61,62,63). The summed E-state index contributed by atoms with van der Waals surface area (Å²) in [5, 5.41) is 26.8. The summed E-state index contributed by atoms with van der Waals surface area (Å²) in [6.45, 7) is 1.01. The Morgan fingerprint density at radius 2 is 1.51 bits per heavy atom. The first kappa shape index (κ1) is 61.1. The van der Waals surface area contributed by atoms with Crippen molar-refractivity contribution in [2.24, 2.45) is 10.8 Å². The van der Waals surface area contributed by atoms with Gasteiger partial charge in [-0.1, -0.05) is 70.2 Å². The highest BCUT2D eigenvalue weighted by Crippen LogP contribution is 2.61. The first-order valence-electron chi connectivity index (χ1n) is 25.5. The number of amides is 2. The van der Waals surface area contributed by atoms with Gasteiger partial charge in [0.15, 0.2) is 17.7 Å². The van der Waals surface area contributed by atoms with Crippen LogP contribution < -0.4 is 16.4 Å². The molecule has 6 rings (SSSR count). The van der Waals surface area contributed by atoms with E-state index in [4.69, 9.17) is 24.3 Å². The lowest BCUT2D eigenvalue weighted by atomic mass is 9.87. The van der Waals surface area contributed by atoms with Gasteiger partial charge in [-0.05, 0) is 81.8 Å². The van der Waals surface area contributed by atoms with E-state index in [9.17, 15) is 62.7 Å². The van der Waals surface area contributed by atoms with Crippen molar-refractivity contribution in [1.29, 1.82) is 0 Å². The minimum Gasteiger partial charge on any atom is -0.461 e. The second-order valence-corrected chi connectivity index (χ2v) is 24.8. The number of aliphatic hydroxyl groups excluding tert-OH is 2. The molecule has 1 aromatic carbocycles. The molecule has 29 heteroatoms. The maximum atomic E-state index is 13.1. The van der Waals surface area contributed by atoms with Crippen molar-refractivity contribution >= 4 is 64.5 Å². The van der Waals surface area contributed by atoms with Gasteiger partial charge in [0.25, 0.3) is 6.47 Å². The van der Waals surface area contributed by atoms with Crippen molar-refractivity contribution in [3.05, 3.63) is 48.0 Å². The largest absolute Gasteiger partial charge is 0.481 e. The van der Waals surface area contributed by atoms with Gasteiger partial charge in [0.05, 0.1) is 19.5 Å². The van der Waals surface area contributed by atoms with Crippen molar-refractivity contribution in [2.45, 2.75) is 166 Å². The lowest BCUT2D eigenvalue weighted by molar-refractivity contribution is -0.137. The molecule has 3 fully saturated rings. The number of nitrogen functional groups attached to an aromatic ring is 1. The Bertz CT molecular complexity index is 2610. The molecule has 76 heavy (non-hydrogen) atoms. The van der Waals surface area contributed by atoms with Crippen molar-refractivity contribution in [3.63, 3.8) is 0 Å². The summed E-state index contributed by atoms with van der Waals surface area (Å²) in [6.07, 6.45) is 9.40. The highest BCUT2D eigenvalue weighted by atomic mass is 31.3. The molecule has 0 radical (unpaired) electrons. The number of aryl methyl sites for hydroxylation is 2. The number of hydrogen-bond acceptors (Lipinski definition) is 19. The third-order valence-corrected chi connectivity index (χ3v) is 17.1. The van der Waals surface area contributed by atoms with Crippen LogP contribution in [-0.4, -0.2) is 130 Å². The van der Waals surface area contributed by atoms with Crippen LogP contribution >= 0.6 is 23.5 Å². The number of phosphoric ester groups is 3. The van der Waals surface area contributed by atoms with Gasteiger partial charge in [-0.2, -0.15) is 4.31 Å². The van der Waals surface area contributed by atoms with Gasteiger partial charge in [-0.3, -0.25) is 37.3 Å². The zero-order valence-corrected chi connectivity index (χ0v) is 45.4. The Morgan fingerprint density at radius 1 is 0.882 bits per heavy atom. The zero-order valence-electron chi connectivity index (χ0n) is 42.7. The van der Waals surface area contributed by atoms with E-state index in [0.717, 1.165) is 120 Å². The molecule has 7 unspecified atom stereocenters. The number of fused-ring (bicyclic) bond motifs is 1. The van der Waals surface area contributed by atoms with E-state index < -0.39 is 84.6 Å². The molecule has 2 saturated carbocycles. The fraction of sp³-hybridized carbons (Fsp3) is 0.681. The smallest absolute Gasteiger partial charge is 0.461 e. The molecular weight excluding hydrogens is 1060 g/mol. The quantitative estimate of drug-likeness (QED) is 0.0219. The average molecular weight is 1130 g/mol. The summed E-state index contributed by atoms with van der Waals surface area (Å²) in [5.41, 5.74) is 6.49. The predicted molar refractivity (Wildman–Crippen MR) is 270 cm³/mol. The minimum atomic E-state index is -5.59. The van der Waals surface area contributed by atoms with Crippen molar-refractivity contribution in [2.75, 3.05) is 32.0 Å². The Morgan fingerprint density at radius 3 is 2.14 bits per heavy atom. The summed E-state index contributed by atoms with van der Waals surface area (Å²) >= 11 is 0. The molecule has 2 aliphatic carbocycles. The number of carbonyl (C=O) groups excluding carboxylic acids is 4. The van der Waals surface area contributed by atoms with Crippen LogP contribution in [0.2, 0.25) is 0 Å². The number of aliphatic hydroxyl groups is 2. The first-order chi connectivity index (χ1) is 35.9. The lowest BCUT2D eigenvalue weighted by Crippen LogP contribution is -2.46. The maximum Gasteiger partial charge on any atom is 0.481 e. The molecule has 424 valence electrons. The van der Waals surface area contributed by atoms with Gasteiger partial charge in [0.2, 0.25) is 11.8 Å². The fourth-order valence-corrected chi connectivity index (χ4v) is 12.1. The number of nitrogens with one attached hydrogen (secondary N) is 2. The highest BCUT2D eigenvalue weighted by molar-refractivity contribution is 7.61. The number of hydrogen-bond donors (Lipinski definition) is 9. The summed E-state index contributed by atoms with van der Waals surface area (Å²) in [7, 11) is -16.5. The monoisotopic (exact) mass is 1130 g/mol. The maximum absolute atomic E-state index is 13.1. The van der Waals surface area contributed by atoms with E-state index in [-0.39, 0.29) is 59.7 Å². The van der Waals surface area contributed by atoms with Gasteiger partial charge in [0.1, 0.15) is 47.6 Å². The molecule has 26 nitrogen and oxygen atoms in total. The second-order valence-electron chi connectivity index (χ2n) is 20.6. The molecule has 2 amide bonds. The fourth-order valence-electron chi connectivity index (χ4n) is 9.22. The molecule has 0 spiro atoms. The molecular formula is C47H72N7O19P3. The predicted octanol–water partition coefficient (Wildman–Crippen LogP) is 4.54. The van der Waals surface area contributed by atoms with E-state index in [0.29, 0.717) is 6.47 Å². The molecule has 0 bridgehead atoms. The van der Waals surface area contributed by atoms with Crippen LogP contribution in [0, 0.1) is 10.8 Å². The highest BCUT2D eigenvalue weighted by Gasteiger charge is 2.51. The lowest BCUT2D eigenvalue weighted by Gasteiger charge is -2.30. The van der Waals surface area contributed by atoms with Crippen LogP contribution in [-0.2, 0) is 73.1 Å². The Labute approximate surface area is 440 Å². The summed E-state index contributed by atoms with van der Waals surface area (Å²) < 4.78 is 67.9. The number of imidazole rings is 1. The molecule has 10 N–H and O–H groups in total. The molecule has 3 aliphatic rings. The number of phosphoric acid groups is 3. The van der Waals surface area contributed by atoms with Crippen LogP contribution in [0.4, 0.5) is 5.82 Å². The molecule has 3 aromatic rings. The van der Waals surface area contributed by atoms with Gasteiger partial charge < -0.3 is 55.6 Å². The zero-order chi connectivity index (χ0) is 55.4. The number of rotatable bonds is 36. The molecule has 1 saturated heterocycles. The van der Waals surface area contributed by atoms with Gasteiger partial charge in [0, 0.05) is 36.8 Å². The second kappa shape index (κ2) is 26.7. The molecule has 3 heterocycles. The van der Waals surface area contributed by atoms with Crippen LogP contribution in [0.15, 0.2) is 36.9 Å². The number of ketones is 1. The van der Waals surface area contributed by atoms with Crippen molar-refractivity contribution in [1.82, 2.24) is 30.2 Å². The van der Waals surface area contributed by atoms with E-state index in [1.807, 2.05) is 0 Å². The number of benzene rings is 1. The number of Topliss-reactive ketones (excluding diaryl/α,β-unsaturated/α-hetero) is 1. The van der Waals surface area contributed by atoms with Crippen molar-refractivity contribution < 1.29 is 90.0 Å². The van der Waals surface area contributed by atoms with E-state index in [2.05, 4.69) is 58.7 Å². The Kier molecular flexibility index (Phi) is 21.5. The SMILES string of the molecule is CC(C)(COP(=O)(O)OP(=O)(O)OCC1OC(n2cnc3c(N)ncnc32)C(O)C1OP(=O)(O)O)C(O)C(=O)NCCC(=O)NCCC(=O)C1(CCCCCCc2cccc(CCCCCCC3(OC=O)CC3)c2)CC1. The Hall–Kier alpha value is -4.10. The van der Waals surface area contributed by atoms with Gasteiger partial charge in [-0.15, -0.1) is 0 Å². The number of ether oxygens (including phenoxy) is 2. The number of aromatic nitrogens is 4. The number of carbonyl (C=O) groups is 4. The number of unbranched alkanes of at least 4 members (excludes halogenated alkanes) is 6. The van der Waals surface area contributed by atoms with E-state index >= 15 is 0 Å². The third kappa shape index (κ3) is 18.2. The number of anilines is 1. The summed E-state index contributed by atoms with van der Waals surface area (Å²) in [5.74, 6) is -1.34. The number of nitrogens with two attached hydrogens (primary N) is 1. The third-order valence-electron chi connectivity index (χ3n) is 14.0. The van der Waals surface area contributed by atoms with Gasteiger partial charge in [-0.25, -0.2) is 28.6 Å². The summed E-state index contributed by atoms with van der Waals surface area (Å²) in [6, 6.07) is 8.82. The minimum absolute atomic E-state index is 0.0295. The summed E-state index contributed by atoms with van der Waals surface area (Å²) in [4.78, 5) is 101. The molecule has 2 aromatic heterocycles. The first-order valence-corrected chi connectivity index (χ1v) is 30.0. The Balaban J connectivity index is 0.819. The van der Waals surface area contributed by atoms with Crippen LogP contribution in [0.1, 0.15) is 134 Å². The van der Waals surface area contributed by atoms with Gasteiger partial charge >= 0.3 is 23.5 Å². The van der Waals surface area contributed by atoms with Crippen LogP contribution in [0.5, 0.6) is 0 Å². The molecule has 1 aliphatic heterocycles. The van der Waals surface area contributed by atoms with E-state index in [1.165, 1.54) is 25.0 Å². The normalized spacial score (nSPS) is 21.8. The van der Waals surface area contributed by atoms with E-state index in [1.54, 1.807) is 0 Å². The average Bonchev–Trinajstić information content (AvgIpc) is 4.25. The van der Waals surface area contributed by atoms with Crippen LogP contribution in [0.25, 0.3) is 11.2 Å².